The summed E-state index contributed by atoms with van der Waals surface area (Å²) in [5, 5.41) is 15.5. The number of aromatic nitrogens is 3. The summed E-state index contributed by atoms with van der Waals surface area (Å²) in [6, 6.07) is 12.3. The van der Waals surface area contributed by atoms with Crippen LogP contribution in [0, 0.1) is 13.8 Å². The summed E-state index contributed by atoms with van der Waals surface area (Å²) >= 11 is 7.24. The van der Waals surface area contributed by atoms with Gasteiger partial charge >= 0.3 is 0 Å². The van der Waals surface area contributed by atoms with Crippen LogP contribution in [-0.2, 0) is 11.3 Å². The molecule has 172 valence electrons. The topological polar surface area (TPSA) is 88.9 Å². The van der Waals surface area contributed by atoms with E-state index in [-0.39, 0.29) is 23.6 Å². The Kier molecular flexibility index (Phi) is 8.30. The second-order valence-corrected chi connectivity index (χ2v) is 8.98. The zero-order valence-corrected chi connectivity index (χ0v) is 20.3. The molecule has 0 bridgehead atoms. The van der Waals surface area contributed by atoms with E-state index in [0.717, 1.165) is 11.1 Å². The minimum atomic E-state index is -0.383. The molecule has 0 unspecified atom stereocenters. The Morgan fingerprint density at radius 1 is 1.18 bits per heavy atom. The van der Waals surface area contributed by atoms with E-state index < -0.39 is 0 Å². The van der Waals surface area contributed by atoms with E-state index in [9.17, 15) is 9.59 Å². The Balaban J connectivity index is 1.66. The third kappa shape index (κ3) is 6.46. The molecule has 1 heterocycles. The minimum Gasteiger partial charge on any atom is -0.342 e. The van der Waals surface area contributed by atoms with Gasteiger partial charge < -0.3 is 15.2 Å². The molecule has 0 radical (unpaired) electrons. The first-order valence-corrected chi connectivity index (χ1v) is 11.7. The Hall–Kier alpha value is -3.10. The lowest BCUT2D eigenvalue weighted by Crippen LogP contribution is -2.28. The van der Waals surface area contributed by atoms with Crippen molar-refractivity contribution in [3.05, 3.63) is 82.7 Å². The number of benzene rings is 2. The fourth-order valence-electron chi connectivity index (χ4n) is 3.16. The number of carbonyl (C=O) groups excluding carboxylic acids is 2. The zero-order chi connectivity index (χ0) is 24.0. The van der Waals surface area contributed by atoms with Gasteiger partial charge in [-0.05, 0) is 56.7 Å². The average Bonchev–Trinajstić information content (AvgIpc) is 3.17. The molecule has 0 fully saturated rings. The Bertz CT molecular complexity index is 1160. The second-order valence-electron chi connectivity index (χ2n) is 7.60. The van der Waals surface area contributed by atoms with Gasteiger partial charge in [-0.25, -0.2) is 0 Å². The highest BCUT2D eigenvalue weighted by Gasteiger charge is 2.20. The van der Waals surface area contributed by atoms with E-state index in [1.807, 2.05) is 37.5 Å². The standard InChI is InChI=1S/C24H26ClN5O2S/c1-5-12-30-22(17(4)26-23(32)18-8-6-15(2)7-9-18)28-29-24(30)33-14-21(31)27-20-11-10-19(25)13-16(20)3/h5-11,13,17H,1,12,14H2,2-4H3,(H,26,32)(H,27,31)/t17-/m1/s1. The maximum atomic E-state index is 12.6. The molecular weight excluding hydrogens is 458 g/mol. The fraction of sp³-hybridized carbons (Fsp3) is 0.250. The number of hydrogen-bond acceptors (Lipinski definition) is 5. The van der Waals surface area contributed by atoms with Gasteiger partial charge in [0.05, 0.1) is 11.8 Å². The first-order valence-electron chi connectivity index (χ1n) is 10.4. The molecule has 7 nitrogen and oxygen atoms in total. The van der Waals surface area contributed by atoms with Crippen molar-refractivity contribution in [1.29, 1.82) is 0 Å². The molecule has 9 heteroatoms. The van der Waals surface area contributed by atoms with Crippen LogP contribution in [0.1, 0.15) is 40.3 Å². The van der Waals surface area contributed by atoms with Crippen LogP contribution in [0.3, 0.4) is 0 Å². The van der Waals surface area contributed by atoms with Gasteiger partial charge in [0.2, 0.25) is 5.91 Å². The van der Waals surface area contributed by atoms with Gasteiger partial charge in [-0.3, -0.25) is 9.59 Å². The lowest BCUT2D eigenvalue weighted by molar-refractivity contribution is -0.113. The molecule has 2 amide bonds. The molecule has 0 aliphatic heterocycles. The van der Waals surface area contributed by atoms with Crippen LogP contribution in [0.4, 0.5) is 5.69 Å². The van der Waals surface area contributed by atoms with Crippen molar-refractivity contribution in [3.8, 4) is 0 Å². The van der Waals surface area contributed by atoms with Crippen molar-refractivity contribution < 1.29 is 9.59 Å². The first-order chi connectivity index (χ1) is 15.8. The molecule has 2 N–H and O–H groups in total. The van der Waals surface area contributed by atoms with Crippen LogP contribution in [0.25, 0.3) is 0 Å². The fourth-order valence-corrected chi connectivity index (χ4v) is 4.14. The van der Waals surface area contributed by atoms with Crippen molar-refractivity contribution in [2.45, 2.75) is 38.5 Å². The van der Waals surface area contributed by atoms with Crippen molar-refractivity contribution in [1.82, 2.24) is 20.1 Å². The van der Waals surface area contributed by atoms with Crippen LogP contribution in [-0.4, -0.2) is 32.3 Å². The number of hydrogen-bond donors (Lipinski definition) is 2. The molecule has 33 heavy (non-hydrogen) atoms. The van der Waals surface area contributed by atoms with E-state index in [1.165, 1.54) is 11.8 Å². The molecule has 2 aromatic carbocycles. The van der Waals surface area contributed by atoms with Crippen molar-refractivity contribution in [2.24, 2.45) is 0 Å². The SMILES string of the molecule is C=CCn1c(SCC(=O)Nc2ccc(Cl)cc2C)nnc1[C@@H](C)NC(=O)c1ccc(C)cc1. The maximum absolute atomic E-state index is 12.6. The lowest BCUT2D eigenvalue weighted by Gasteiger charge is -2.15. The van der Waals surface area contributed by atoms with Crippen LogP contribution in [0.15, 0.2) is 60.3 Å². The molecule has 0 saturated carbocycles. The van der Waals surface area contributed by atoms with Crippen molar-refractivity contribution in [2.75, 3.05) is 11.1 Å². The van der Waals surface area contributed by atoms with Crippen LogP contribution < -0.4 is 10.6 Å². The van der Waals surface area contributed by atoms with E-state index in [2.05, 4.69) is 27.4 Å². The van der Waals surface area contributed by atoms with E-state index in [4.69, 9.17) is 11.6 Å². The number of nitrogens with zero attached hydrogens (tertiary/aromatic N) is 3. The van der Waals surface area contributed by atoms with Gasteiger partial charge in [-0.15, -0.1) is 16.8 Å². The number of allylic oxidation sites excluding steroid dienone is 1. The third-order valence-corrected chi connectivity index (χ3v) is 6.10. The minimum absolute atomic E-state index is 0.154. The van der Waals surface area contributed by atoms with Gasteiger partial charge in [0.1, 0.15) is 0 Å². The van der Waals surface area contributed by atoms with Gasteiger partial charge in [0, 0.05) is 22.8 Å². The second kappa shape index (κ2) is 11.2. The van der Waals surface area contributed by atoms with Crippen molar-refractivity contribution in [3.63, 3.8) is 0 Å². The molecule has 3 rings (SSSR count). The third-order valence-electron chi connectivity index (χ3n) is 4.90. The predicted molar refractivity (Wildman–Crippen MR) is 133 cm³/mol. The quantitative estimate of drug-likeness (QED) is 0.332. The van der Waals surface area contributed by atoms with Gasteiger partial charge in [-0.2, -0.15) is 0 Å². The summed E-state index contributed by atoms with van der Waals surface area (Å²) in [5.74, 6) is 0.386. The number of nitrogens with one attached hydrogen (secondary N) is 2. The van der Waals surface area contributed by atoms with Crippen molar-refractivity contribution >= 4 is 40.9 Å². The van der Waals surface area contributed by atoms with Crippen LogP contribution >= 0.6 is 23.4 Å². The number of aryl methyl sites for hydroxylation is 2. The highest BCUT2D eigenvalue weighted by atomic mass is 35.5. The van der Waals surface area contributed by atoms with Gasteiger partial charge in [-0.1, -0.05) is 47.1 Å². The van der Waals surface area contributed by atoms with Crippen LogP contribution in [0.5, 0.6) is 0 Å². The van der Waals surface area contributed by atoms with Gasteiger partial charge in [0.15, 0.2) is 11.0 Å². The Morgan fingerprint density at radius 3 is 2.58 bits per heavy atom. The van der Waals surface area contributed by atoms with E-state index in [1.54, 1.807) is 36.4 Å². The highest BCUT2D eigenvalue weighted by Crippen LogP contribution is 2.23. The smallest absolute Gasteiger partial charge is 0.251 e. The summed E-state index contributed by atoms with van der Waals surface area (Å²) in [6.07, 6.45) is 1.72. The average molecular weight is 484 g/mol. The summed E-state index contributed by atoms with van der Waals surface area (Å²) in [5.41, 5.74) is 3.26. The number of thioether (sulfide) groups is 1. The molecule has 0 spiro atoms. The molecule has 0 aliphatic rings. The van der Waals surface area contributed by atoms with E-state index in [0.29, 0.717) is 33.8 Å². The van der Waals surface area contributed by atoms with Gasteiger partial charge in [0.25, 0.3) is 5.91 Å². The lowest BCUT2D eigenvalue weighted by atomic mass is 10.1. The summed E-state index contributed by atoms with van der Waals surface area (Å²) in [4.78, 5) is 25.1. The highest BCUT2D eigenvalue weighted by molar-refractivity contribution is 7.99. The maximum Gasteiger partial charge on any atom is 0.251 e. The molecule has 0 saturated heterocycles. The molecule has 0 aliphatic carbocycles. The predicted octanol–water partition coefficient (Wildman–Crippen LogP) is 4.96. The van der Waals surface area contributed by atoms with Crippen LogP contribution in [0.2, 0.25) is 5.02 Å². The molecular formula is C24H26ClN5O2S. The number of anilines is 1. The Labute approximate surface area is 202 Å². The number of halogens is 1. The zero-order valence-electron chi connectivity index (χ0n) is 18.8. The summed E-state index contributed by atoms with van der Waals surface area (Å²) in [7, 11) is 0. The number of rotatable bonds is 9. The molecule has 1 atom stereocenters. The summed E-state index contributed by atoms with van der Waals surface area (Å²) in [6.45, 7) is 9.95. The normalized spacial score (nSPS) is 11.6. The molecule has 1 aromatic heterocycles. The number of carbonyl (C=O) groups is 2. The largest absolute Gasteiger partial charge is 0.342 e. The number of amides is 2. The first kappa shape index (κ1) is 24.5. The Morgan fingerprint density at radius 2 is 1.91 bits per heavy atom. The van der Waals surface area contributed by atoms with E-state index >= 15 is 0 Å². The molecule has 3 aromatic rings. The monoisotopic (exact) mass is 483 g/mol. The summed E-state index contributed by atoms with van der Waals surface area (Å²) < 4.78 is 1.85.